The van der Waals surface area contributed by atoms with E-state index in [9.17, 15) is 18.0 Å². The summed E-state index contributed by atoms with van der Waals surface area (Å²) in [6, 6.07) is 31.4. The predicted octanol–water partition coefficient (Wildman–Crippen LogP) is 7.06. The van der Waals surface area contributed by atoms with Crippen molar-refractivity contribution in [2.75, 3.05) is 11.1 Å². The Hall–Kier alpha value is -5.06. The minimum absolute atomic E-state index is 0.00969. The lowest BCUT2D eigenvalue weighted by Gasteiger charge is -2.16. The second kappa shape index (κ2) is 12.3. The Morgan fingerprint density at radius 1 is 0.864 bits per heavy atom. The van der Waals surface area contributed by atoms with Crippen LogP contribution in [0, 0.1) is 0 Å². The zero-order valence-corrected chi connectivity index (χ0v) is 24.3. The summed E-state index contributed by atoms with van der Waals surface area (Å²) >= 11 is 0. The minimum atomic E-state index is -4.12. The van der Waals surface area contributed by atoms with Crippen LogP contribution in [0.15, 0.2) is 112 Å². The third-order valence-corrected chi connectivity index (χ3v) is 8.24. The van der Waals surface area contributed by atoms with Crippen molar-refractivity contribution < 1.29 is 31.5 Å². The van der Waals surface area contributed by atoms with Gasteiger partial charge in [0, 0.05) is 34.0 Å². The summed E-state index contributed by atoms with van der Waals surface area (Å²) in [5, 5.41) is 9.01. The molecule has 44 heavy (non-hydrogen) atoms. The summed E-state index contributed by atoms with van der Waals surface area (Å²) in [6.45, 7) is 0. The number of hydrogen-bond acceptors (Lipinski definition) is 7. The predicted molar refractivity (Wildman–Crippen MR) is 167 cm³/mol. The van der Waals surface area contributed by atoms with Crippen molar-refractivity contribution in [2.45, 2.75) is 25.2 Å². The Morgan fingerprint density at radius 2 is 1.57 bits per heavy atom. The van der Waals surface area contributed by atoms with Crippen LogP contribution < -0.4 is 5.32 Å². The molecule has 0 aliphatic rings. The highest BCUT2D eigenvalue weighted by Gasteiger charge is 2.27. The van der Waals surface area contributed by atoms with Gasteiger partial charge in [0.05, 0.1) is 11.7 Å². The van der Waals surface area contributed by atoms with Gasteiger partial charge in [-0.25, -0.2) is 0 Å². The molecular formula is C34H28N2O7S. The number of nitrogens with one attached hydrogen (secondary N) is 1. The molecule has 2 heterocycles. The highest BCUT2D eigenvalue weighted by atomic mass is 32.2. The maximum absolute atomic E-state index is 13.8. The molecule has 2 N–H and O–H groups in total. The van der Waals surface area contributed by atoms with Crippen molar-refractivity contribution in [2.24, 2.45) is 0 Å². The zero-order chi connectivity index (χ0) is 30.7. The number of para-hydroxylation sites is 2. The number of benzene rings is 4. The number of carbonyl (C=O) groups excluding carboxylic acids is 2. The average Bonchev–Trinajstić information content (AvgIpc) is 3.64. The average molecular weight is 609 g/mol. The molecule has 222 valence electrons. The summed E-state index contributed by atoms with van der Waals surface area (Å²) < 4.78 is 42.3. The van der Waals surface area contributed by atoms with E-state index in [4.69, 9.17) is 13.5 Å². The molecule has 0 saturated carbocycles. The fraction of sp³-hybridized carbons (Fsp3) is 0.147. The van der Waals surface area contributed by atoms with E-state index in [1.165, 1.54) is 0 Å². The molecule has 6 aromatic rings. The van der Waals surface area contributed by atoms with Crippen LogP contribution in [0.3, 0.4) is 0 Å². The normalized spacial score (nSPS) is 12.4. The lowest BCUT2D eigenvalue weighted by Crippen LogP contribution is -2.23. The number of aromatic nitrogens is 1. The van der Waals surface area contributed by atoms with Crippen molar-refractivity contribution in [3.63, 3.8) is 0 Å². The van der Waals surface area contributed by atoms with Gasteiger partial charge in [-0.3, -0.25) is 14.1 Å². The highest BCUT2D eigenvalue weighted by molar-refractivity contribution is 7.85. The molecule has 0 aliphatic heterocycles. The van der Waals surface area contributed by atoms with Gasteiger partial charge in [-0.1, -0.05) is 59.8 Å². The Labute approximate surface area is 253 Å². The molecule has 0 spiro atoms. The molecule has 0 bridgehead atoms. The van der Waals surface area contributed by atoms with Gasteiger partial charge in [0.2, 0.25) is 5.91 Å². The van der Waals surface area contributed by atoms with Crippen LogP contribution in [-0.4, -0.2) is 35.6 Å². The number of furan rings is 1. The van der Waals surface area contributed by atoms with Gasteiger partial charge in [0.15, 0.2) is 11.4 Å². The smallest absolute Gasteiger partial charge is 0.264 e. The molecule has 0 radical (unpaired) electrons. The SMILES string of the molecule is O=C(CCCS(=O)(=O)O)c1ccc(CC(C(=O)Nc2ccc(-c3cc4ccccc4o3)cc2)c2noc3ccccc23)cc1. The van der Waals surface area contributed by atoms with Gasteiger partial charge < -0.3 is 14.3 Å². The monoisotopic (exact) mass is 608 g/mol. The first-order chi connectivity index (χ1) is 21.2. The number of Topliss-reactive ketones (excluding diaryl/α,β-unsaturated/α-hetero) is 1. The molecule has 1 unspecified atom stereocenters. The van der Waals surface area contributed by atoms with Crippen molar-refractivity contribution in [3.8, 4) is 11.3 Å². The molecule has 1 amide bonds. The van der Waals surface area contributed by atoms with Crippen molar-refractivity contribution in [3.05, 3.63) is 120 Å². The topological polar surface area (TPSA) is 140 Å². The molecule has 0 saturated heterocycles. The molecular weight excluding hydrogens is 580 g/mol. The molecule has 2 aromatic heterocycles. The first-order valence-electron chi connectivity index (χ1n) is 14.0. The van der Waals surface area contributed by atoms with E-state index in [0.717, 1.165) is 33.2 Å². The van der Waals surface area contributed by atoms with Gasteiger partial charge in [-0.05, 0) is 66.9 Å². The number of hydrogen-bond donors (Lipinski definition) is 2. The summed E-state index contributed by atoms with van der Waals surface area (Å²) in [7, 11) is -4.12. The summed E-state index contributed by atoms with van der Waals surface area (Å²) in [6.07, 6.45) is 0.307. The van der Waals surface area contributed by atoms with Crippen LogP contribution in [0.5, 0.6) is 0 Å². The van der Waals surface area contributed by atoms with Crippen LogP contribution in [-0.2, 0) is 21.3 Å². The van der Waals surface area contributed by atoms with E-state index in [1.807, 2.05) is 72.8 Å². The maximum atomic E-state index is 13.8. The fourth-order valence-electron chi connectivity index (χ4n) is 5.16. The number of anilines is 1. The fourth-order valence-corrected chi connectivity index (χ4v) is 5.67. The number of ketones is 1. The number of nitrogens with zero attached hydrogens (tertiary/aromatic N) is 1. The van der Waals surface area contributed by atoms with Crippen molar-refractivity contribution >= 4 is 49.4 Å². The Balaban J connectivity index is 1.20. The maximum Gasteiger partial charge on any atom is 0.264 e. The van der Waals surface area contributed by atoms with E-state index >= 15 is 0 Å². The van der Waals surface area contributed by atoms with E-state index in [2.05, 4.69) is 10.5 Å². The number of carbonyl (C=O) groups is 2. The van der Waals surface area contributed by atoms with E-state index in [1.54, 1.807) is 30.3 Å². The third-order valence-electron chi connectivity index (χ3n) is 7.44. The standard InChI is InChI=1S/C34H28N2O7S/c37-29(8-5-19-44(39,40)41)23-13-11-22(12-14-23)20-28(33-27-7-2-4-10-31(27)43-36-33)34(38)35-26-17-15-24(16-18-26)32-21-25-6-1-3-9-30(25)42-32/h1-4,6-7,9-18,21,28H,5,8,19-20H2,(H,35,38)(H,39,40,41). The van der Waals surface area contributed by atoms with Crippen molar-refractivity contribution in [1.82, 2.24) is 5.16 Å². The Bertz CT molecular complexity index is 2030. The number of fused-ring (bicyclic) bond motifs is 2. The second-order valence-corrected chi connectivity index (χ2v) is 12.1. The van der Waals surface area contributed by atoms with Gasteiger partial charge in [-0.15, -0.1) is 0 Å². The van der Waals surface area contributed by atoms with Crippen LogP contribution in [0.1, 0.15) is 40.4 Å². The zero-order valence-electron chi connectivity index (χ0n) is 23.5. The highest BCUT2D eigenvalue weighted by Crippen LogP contribution is 2.31. The largest absolute Gasteiger partial charge is 0.456 e. The first-order valence-corrected chi connectivity index (χ1v) is 15.7. The van der Waals surface area contributed by atoms with E-state index in [-0.39, 0.29) is 31.0 Å². The van der Waals surface area contributed by atoms with Gasteiger partial charge in [0.1, 0.15) is 17.0 Å². The van der Waals surface area contributed by atoms with Gasteiger partial charge in [0.25, 0.3) is 10.1 Å². The molecule has 6 rings (SSSR count). The minimum Gasteiger partial charge on any atom is -0.456 e. The van der Waals surface area contributed by atoms with Crippen LogP contribution in [0.2, 0.25) is 0 Å². The molecule has 4 aromatic carbocycles. The Morgan fingerprint density at radius 3 is 2.30 bits per heavy atom. The quantitative estimate of drug-likeness (QED) is 0.118. The summed E-state index contributed by atoms with van der Waals surface area (Å²) in [5.41, 5.74) is 4.58. The third kappa shape index (κ3) is 6.61. The van der Waals surface area contributed by atoms with Gasteiger partial charge in [-0.2, -0.15) is 8.42 Å². The lowest BCUT2D eigenvalue weighted by molar-refractivity contribution is -0.117. The van der Waals surface area contributed by atoms with E-state index in [0.29, 0.717) is 22.5 Å². The van der Waals surface area contributed by atoms with E-state index < -0.39 is 21.8 Å². The van der Waals surface area contributed by atoms with Crippen LogP contribution >= 0.6 is 0 Å². The van der Waals surface area contributed by atoms with Gasteiger partial charge >= 0.3 is 0 Å². The molecule has 0 aliphatic carbocycles. The molecule has 0 fully saturated rings. The number of rotatable bonds is 11. The Kier molecular flexibility index (Phi) is 8.10. The van der Waals surface area contributed by atoms with Crippen LogP contribution in [0.25, 0.3) is 33.3 Å². The summed E-state index contributed by atoms with van der Waals surface area (Å²) in [4.78, 5) is 26.3. The summed E-state index contributed by atoms with van der Waals surface area (Å²) in [5.74, 6) is -0.947. The number of amides is 1. The molecule has 1 atom stereocenters. The van der Waals surface area contributed by atoms with Crippen LogP contribution in [0.4, 0.5) is 5.69 Å². The lowest BCUT2D eigenvalue weighted by atomic mass is 9.92. The molecule has 10 heteroatoms. The molecule has 9 nitrogen and oxygen atoms in total. The van der Waals surface area contributed by atoms with Crippen molar-refractivity contribution in [1.29, 1.82) is 0 Å². The first kappa shape index (κ1) is 29.0. The second-order valence-electron chi connectivity index (χ2n) is 10.5.